The van der Waals surface area contributed by atoms with Crippen LogP contribution >= 0.6 is 0 Å². The van der Waals surface area contributed by atoms with Crippen LogP contribution < -0.4 is 14.8 Å². The summed E-state index contributed by atoms with van der Waals surface area (Å²) >= 11 is 0. The number of halogens is 3. The Bertz CT molecular complexity index is 1460. The number of hydrogen-bond acceptors (Lipinski definition) is 6. The highest BCUT2D eigenvalue weighted by Gasteiger charge is 2.53. The van der Waals surface area contributed by atoms with Crippen LogP contribution in [0.1, 0.15) is 37.9 Å². The van der Waals surface area contributed by atoms with Gasteiger partial charge in [-0.1, -0.05) is 6.07 Å². The van der Waals surface area contributed by atoms with Gasteiger partial charge in [0.15, 0.2) is 11.5 Å². The standard InChI is InChI=1S/C26H25F3N2O7/c1-24(2,23(35)36)21-8-13-7-17(16(27)10-18(13)31(21)11-15(33)12-32)30-22(34)25(5-6-25)14-3-4-19-20(9-14)38-26(28,29)37-19/h3-4,7-10,15,32-33H,5-6,11-12H2,1-2H3,(H,30,34)(H,35,36)/t15-/m1/s1. The lowest BCUT2D eigenvalue weighted by Crippen LogP contribution is -2.33. The smallest absolute Gasteiger partial charge is 0.481 e. The molecule has 1 aliphatic heterocycles. The second kappa shape index (κ2) is 8.63. The zero-order chi connectivity index (χ0) is 27.6. The first-order valence-electron chi connectivity index (χ1n) is 11.8. The number of aliphatic carboxylic acids is 1. The Morgan fingerprint density at radius 2 is 1.82 bits per heavy atom. The summed E-state index contributed by atoms with van der Waals surface area (Å²) in [5, 5.41) is 32.1. The second-order valence-electron chi connectivity index (χ2n) is 10.2. The van der Waals surface area contributed by atoms with Gasteiger partial charge in [-0.25, -0.2) is 4.39 Å². The molecule has 5 rings (SSSR count). The predicted octanol–water partition coefficient (Wildman–Crippen LogP) is 3.49. The van der Waals surface area contributed by atoms with Gasteiger partial charge in [0.2, 0.25) is 5.91 Å². The number of carbonyl (C=O) groups excluding carboxylic acids is 1. The fourth-order valence-corrected chi connectivity index (χ4v) is 4.73. The number of nitrogens with zero attached hydrogens (tertiary/aromatic N) is 1. The van der Waals surface area contributed by atoms with Gasteiger partial charge in [0, 0.05) is 17.1 Å². The SMILES string of the molecule is CC(C)(C(=O)O)c1cc2cc(NC(=O)C3(c4ccc5c(c4)OC(F)(F)O5)CC3)c(F)cc2n1C[C@@H](O)CO. The molecule has 38 heavy (non-hydrogen) atoms. The maximum atomic E-state index is 15.2. The van der Waals surface area contributed by atoms with Crippen LogP contribution in [0.25, 0.3) is 10.9 Å². The Morgan fingerprint density at radius 1 is 1.13 bits per heavy atom. The molecule has 2 aromatic carbocycles. The number of rotatable bonds is 8. The van der Waals surface area contributed by atoms with E-state index in [0.717, 1.165) is 6.07 Å². The number of fused-ring (bicyclic) bond motifs is 2. The Kier molecular flexibility index (Phi) is 5.88. The van der Waals surface area contributed by atoms with Crippen LogP contribution in [-0.2, 0) is 27.0 Å². The summed E-state index contributed by atoms with van der Waals surface area (Å²) in [7, 11) is 0. The Balaban J connectivity index is 1.48. The average Bonchev–Trinajstić information content (AvgIpc) is 3.50. The molecular formula is C26H25F3N2O7. The fourth-order valence-electron chi connectivity index (χ4n) is 4.73. The number of anilines is 1. The minimum Gasteiger partial charge on any atom is -0.481 e. The quantitative estimate of drug-likeness (QED) is 0.348. The number of benzene rings is 2. The van der Waals surface area contributed by atoms with Crippen LogP contribution in [0.4, 0.5) is 18.9 Å². The average molecular weight is 534 g/mol. The van der Waals surface area contributed by atoms with Crippen molar-refractivity contribution >= 4 is 28.5 Å². The molecule has 1 aliphatic carbocycles. The van der Waals surface area contributed by atoms with E-state index < -0.39 is 47.5 Å². The number of alkyl halides is 2. The van der Waals surface area contributed by atoms with Crippen LogP contribution in [0.3, 0.4) is 0 Å². The van der Waals surface area contributed by atoms with Gasteiger partial charge in [0.1, 0.15) is 11.2 Å². The molecule has 1 amide bonds. The minimum absolute atomic E-state index is 0.151. The largest absolute Gasteiger partial charge is 0.586 e. The van der Waals surface area contributed by atoms with E-state index >= 15 is 4.39 Å². The zero-order valence-corrected chi connectivity index (χ0v) is 20.4. The molecule has 1 fully saturated rings. The lowest BCUT2D eigenvalue weighted by Gasteiger charge is -2.23. The summed E-state index contributed by atoms with van der Waals surface area (Å²) in [5.74, 6) is -2.83. The van der Waals surface area contributed by atoms with Gasteiger partial charge in [-0.15, -0.1) is 8.78 Å². The second-order valence-corrected chi connectivity index (χ2v) is 10.2. The van der Waals surface area contributed by atoms with Gasteiger partial charge in [-0.05, 0) is 56.5 Å². The number of aliphatic hydroxyl groups excluding tert-OH is 2. The maximum Gasteiger partial charge on any atom is 0.586 e. The molecule has 4 N–H and O–H groups in total. The maximum absolute atomic E-state index is 15.2. The highest BCUT2D eigenvalue weighted by molar-refractivity contribution is 6.03. The summed E-state index contributed by atoms with van der Waals surface area (Å²) in [6.07, 6.45) is -4.19. The van der Waals surface area contributed by atoms with Crippen molar-refractivity contribution < 1.29 is 47.6 Å². The van der Waals surface area contributed by atoms with Crippen molar-refractivity contribution in [2.75, 3.05) is 11.9 Å². The molecule has 0 radical (unpaired) electrons. The van der Waals surface area contributed by atoms with Crippen LogP contribution in [0.2, 0.25) is 0 Å². The van der Waals surface area contributed by atoms with Crippen molar-refractivity contribution in [3.63, 3.8) is 0 Å². The van der Waals surface area contributed by atoms with Gasteiger partial charge < -0.3 is 34.7 Å². The van der Waals surface area contributed by atoms with Crippen LogP contribution in [-0.4, -0.2) is 50.8 Å². The van der Waals surface area contributed by atoms with E-state index in [1.54, 1.807) is 0 Å². The van der Waals surface area contributed by atoms with E-state index in [2.05, 4.69) is 14.8 Å². The molecule has 9 nitrogen and oxygen atoms in total. The highest BCUT2D eigenvalue weighted by atomic mass is 19.3. The molecule has 1 saturated carbocycles. The molecule has 0 saturated heterocycles. The summed E-state index contributed by atoms with van der Waals surface area (Å²) in [4.78, 5) is 25.2. The first-order chi connectivity index (χ1) is 17.8. The van der Waals surface area contributed by atoms with Gasteiger partial charge in [-0.3, -0.25) is 9.59 Å². The van der Waals surface area contributed by atoms with Crippen molar-refractivity contribution in [2.24, 2.45) is 0 Å². The molecular weight excluding hydrogens is 509 g/mol. The molecule has 0 bridgehead atoms. The monoisotopic (exact) mass is 534 g/mol. The first kappa shape index (κ1) is 25.9. The van der Waals surface area contributed by atoms with E-state index in [9.17, 15) is 33.7 Å². The number of carboxylic acids is 1. The van der Waals surface area contributed by atoms with Crippen molar-refractivity contribution in [3.05, 3.63) is 53.5 Å². The number of nitrogens with one attached hydrogen (secondary N) is 1. The summed E-state index contributed by atoms with van der Waals surface area (Å²) in [6, 6.07) is 8.12. The predicted molar refractivity (Wildman–Crippen MR) is 128 cm³/mol. The van der Waals surface area contributed by atoms with Gasteiger partial charge in [0.05, 0.1) is 35.9 Å². The Labute approximate surface area is 214 Å². The van der Waals surface area contributed by atoms with Gasteiger partial charge >= 0.3 is 12.3 Å². The topological polar surface area (TPSA) is 130 Å². The Morgan fingerprint density at radius 3 is 2.45 bits per heavy atom. The number of amides is 1. The van der Waals surface area contributed by atoms with Gasteiger partial charge in [0.25, 0.3) is 0 Å². The molecule has 1 atom stereocenters. The first-order valence-corrected chi connectivity index (χ1v) is 11.8. The van der Waals surface area contributed by atoms with Crippen LogP contribution in [0, 0.1) is 5.82 Å². The van der Waals surface area contributed by atoms with E-state index in [1.807, 2.05) is 0 Å². The summed E-state index contributed by atoms with van der Waals surface area (Å²) < 4.78 is 52.4. The molecule has 3 aromatic rings. The molecule has 2 heterocycles. The fraction of sp³-hybridized carbons (Fsp3) is 0.385. The van der Waals surface area contributed by atoms with E-state index in [-0.39, 0.29) is 34.9 Å². The zero-order valence-electron chi connectivity index (χ0n) is 20.4. The minimum atomic E-state index is -3.80. The lowest BCUT2D eigenvalue weighted by molar-refractivity contribution is -0.286. The molecule has 12 heteroatoms. The highest BCUT2D eigenvalue weighted by Crippen LogP contribution is 2.52. The molecule has 202 valence electrons. The third-order valence-corrected chi connectivity index (χ3v) is 7.16. The number of aromatic nitrogens is 1. The number of hydrogen-bond donors (Lipinski definition) is 4. The lowest BCUT2D eigenvalue weighted by atomic mass is 9.89. The van der Waals surface area contributed by atoms with Crippen molar-refractivity contribution in [2.45, 2.75) is 56.5 Å². The third-order valence-electron chi connectivity index (χ3n) is 7.16. The third kappa shape index (κ3) is 4.23. The van der Waals surface area contributed by atoms with Gasteiger partial charge in [-0.2, -0.15) is 0 Å². The van der Waals surface area contributed by atoms with Crippen molar-refractivity contribution in [1.29, 1.82) is 0 Å². The molecule has 1 aromatic heterocycles. The molecule has 0 unspecified atom stereocenters. The van der Waals surface area contributed by atoms with Crippen molar-refractivity contribution in [3.8, 4) is 11.5 Å². The Hall–Kier alpha value is -3.77. The number of aliphatic hydroxyl groups is 2. The van der Waals surface area contributed by atoms with Crippen LogP contribution in [0.15, 0.2) is 36.4 Å². The number of ether oxygens (including phenoxy) is 2. The number of carbonyl (C=O) groups is 2. The van der Waals surface area contributed by atoms with E-state index in [1.165, 1.54) is 48.7 Å². The number of carboxylic acid groups (broad SMARTS) is 1. The van der Waals surface area contributed by atoms with E-state index in [0.29, 0.717) is 23.8 Å². The summed E-state index contributed by atoms with van der Waals surface area (Å²) in [6.45, 7) is 2.16. The molecule has 0 spiro atoms. The summed E-state index contributed by atoms with van der Waals surface area (Å²) in [5.41, 5.74) is -1.67. The molecule has 2 aliphatic rings. The van der Waals surface area contributed by atoms with Crippen molar-refractivity contribution in [1.82, 2.24) is 4.57 Å². The normalized spacial score (nSPS) is 17.9. The van der Waals surface area contributed by atoms with Crippen LogP contribution in [0.5, 0.6) is 11.5 Å². The van der Waals surface area contributed by atoms with E-state index in [4.69, 9.17) is 0 Å².